The largest absolute Gasteiger partial charge is 1.00 e. The van der Waals surface area contributed by atoms with Gasteiger partial charge in [0.1, 0.15) is 9.79 Å². The Morgan fingerprint density at radius 2 is 1.35 bits per heavy atom. The molecule has 10 nitrogen and oxygen atoms in total. The molecule has 4 rings (SSSR count). The lowest BCUT2D eigenvalue weighted by atomic mass is 10.3. The fourth-order valence-corrected chi connectivity index (χ4v) is 6.28. The van der Waals surface area contributed by atoms with Gasteiger partial charge in [0.2, 0.25) is 0 Å². The molecule has 17 heteroatoms. The quantitative estimate of drug-likeness (QED) is 0.219. The Labute approximate surface area is 248 Å². The molecule has 202 valence electrons. The van der Waals surface area contributed by atoms with E-state index in [-0.39, 0.29) is 42.8 Å². The number of H-pyrrole nitrogens is 1. The van der Waals surface area contributed by atoms with Crippen molar-refractivity contribution in [2.75, 3.05) is 0 Å². The summed E-state index contributed by atoms with van der Waals surface area (Å²) in [6.45, 7) is 0. The molecule has 0 fully saturated rings. The Morgan fingerprint density at radius 3 is 1.70 bits per heavy atom. The first kappa shape index (κ1) is 33.5. The van der Waals surface area contributed by atoms with E-state index in [9.17, 15) is 16.8 Å². The molecule has 0 bridgehead atoms. The number of sulfone groups is 1. The molecule has 4 heterocycles. The Hall–Kier alpha value is -1.55. The molecular formula is C20H21Br2Cl3N6O4S2. The molecule has 0 saturated heterocycles. The van der Waals surface area contributed by atoms with Crippen LogP contribution in [0, 0.1) is 0 Å². The molecule has 0 aromatic carbocycles. The first-order valence-electron chi connectivity index (χ1n) is 9.79. The van der Waals surface area contributed by atoms with Gasteiger partial charge in [0.05, 0.1) is 5.75 Å². The van der Waals surface area contributed by atoms with Gasteiger partial charge in [-0.15, -0.1) is 0 Å². The zero-order valence-electron chi connectivity index (χ0n) is 19.3. The molecule has 0 saturated carbocycles. The fraction of sp³-hybridized carbons (Fsp3) is 0.200. The molecule has 4 aromatic rings. The van der Waals surface area contributed by atoms with E-state index in [1.807, 2.05) is 24.5 Å². The fourth-order valence-electron chi connectivity index (χ4n) is 2.54. The van der Waals surface area contributed by atoms with Crippen molar-refractivity contribution in [2.45, 2.75) is 20.9 Å². The average Bonchev–Trinajstić information content (AvgIpc) is 3.35. The summed E-state index contributed by atoms with van der Waals surface area (Å²) in [7, 11) is 0.965. The minimum atomic E-state index is -3.76. The summed E-state index contributed by atoms with van der Waals surface area (Å²) in [6.07, 6.45) is 9.57. The van der Waals surface area contributed by atoms with Crippen LogP contribution in [-0.2, 0) is 44.1 Å². The Kier molecular flexibility index (Phi) is 13.7. The van der Waals surface area contributed by atoms with Crippen molar-refractivity contribution in [3.63, 3.8) is 0 Å². The topological polar surface area (TPSA) is 131 Å². The summed E-state index contributed by atoms with van der Waals surface area (Å²) in [5.74, 6) is -0.110. The van der Waals surface area contributed by atoms with Crippen molar-refractivity contribution in [3.8, 4) is 0 Å². The maximum atomic E-state index is 12.1. The lowest BCUT2D eigenvalue weighted by Crippen LogP contribution is -3.00. The van der Waals surface area contributed by atoms with E-state index < -0.39 is 18.9 Å². The molecule has 0 radical (unpaired) electrons. The highest BCUT2D eigenvalue weighted by atomic mass is 79.9. The average molecular weight is 740 g/mol. The molecule has 37 heavy (non-hydrogen) atoms. The van der Waals surface area contributed by atoms with E-state index in [2.05, 4.69) is 36.1 Å². The van der Waals surface area contributed by atoms with Gasteiger partial charge < -0.3 is 17.0 Å². The third kappa shape index (κ3) is 11.0. The third-order valence-electron chi connectivity index (χ3n) is 4.15. The minimum absolute atomic E-state index is 0. The van der Waals surface area contributed by atoms with Crippen LogP contribution in [0.2, 0.25) is 10.3 Å². The van der Waals surface area contributed by atoms with E-state index >= 15 is 0 Å². The Balaban J connectivity index is 0.000000296. The lowest BCUT2D eigenvalue weighted by molar-refractivity contribution is -0.378. The molecule has 0 spiro atoms. The predicted octanol–water partition coefficient (Wildman–Crippen LogP) is 0.843. The number of halogens is 5. The number of alkyl halides is 1. The van der Waals surface area contributed by atoms with Crippen LogP contribution in [-0.4, -0.2) is 41.4 Å². The van der Waals surface area contributed by atoms with Gasteiger partial charge in [0, 0.05) is 67.0 Å². The number of nitrogens with zero attached hydrogens (tertiary/aromatic N) is 5. The summed E-state index contributed by atoms with van der Waals surface area (Å²) in [5, 5.41) is 8.23. The van der Waals surface area contributed by atoms with Gasteiger partial charge in [-0.05, 0) is 23.3 Å². The molecule has 1 N–H and O–H groups in total. The van der Waals surface area contributed by atoms with Crippen LogP contribution in [0.1, 0.15) is 11.1 Å². The van der Waals surface area contributed by atoms with Crippen LogP contribution in [0.4, 0.5) is 0 Å². The van der Waals surface area contributed by atoms with Crippen LogP contribution in [0.15, 0.2) is 71.2 Å². The van der Waals surface area contributed by atoms with Crippen LogP contribution in [0.3, 0.4) is 0 Å². The van der Waals surface area contributed by atoms with Crippen molar-refractivity contribution in [2.24, 2.45) is 14.1 Å². The molecule has 4 aromatic heterocycles. The van der Waals surface area contributed by atoms with Gasteiger partial charge in [-0.1, -0.05) is 39.1 Å². The molecule has 0 aliphatic carbocycles. The highest BCUT2D eigenvalue weighted by Crippen LogP contribution is 2.23. The molecule has 0 unspecified atom stereocenters. The molecule has 0 amide bonds. The van der Waals surface area contributed by atoms with Gasteiger partial charge in [-0.25, -0.2) is 21.8 Å². The summed E-state index contributed by atoms with van der Waals surface area (Å²) < 4.78 is 48.2. The number of rotatable bonds is 5. The van der Waals surface area contributed by atoms with Gasteiger partial charge >= 0.3 is 0 Å². The van der Waals surface area contributed by atoms with Crippen LogP contribution in [0.5, 0.6) is 0 Å². The maximum Gasteiger partial charge on any atom is 0.265 e. The van der Waals surface area contributed by atoms with E-state index in [4.69, 9.17) is 33.9 Å². The third-order valence-corrected chi connectivity index (χ3v) is 8.59. The zero-order chi connectivity index (χ0) is 26.9. The van der Waals surface area contributed by atoms with Gasteiger partial charge in [0.15, 0.2) is 32.5 Å². The number of aromatic nitrogens is 6. The number of aromatic amines is 1. The summed E-state index contributed by atoms with van der Waals surface area (Å²) >= 11 is 14.6. The Bertz CT molecular complexity index is 1490. The van der Waals surface area contributed by atoms with Gasteiger partial charge in [0.25, 0.3) is 9.05 Å². The van der Waals surface area contributed by atoms with Crippen molar-refractivity contribution < 1.29 is 38.8 Å². The first-order valence-corrected chi connectivity index (χ1v) is 15.6. The predicted molar refractivity (Wildman–Crippen MR) is 140 cm³/mol. The number of pyridine rings is 2. The summed E-state index contributed by atoms with van der Waals surface area (Å²) in [5.41, 5.74) is 1.96. The van der Waals surface area contributed by atoms with Crippen LogP contribution >= 0.6 is 49.8 Å². The second kappa shape index (κ2) is 15.1. The standard InChI is InChI=1S/C10H10ClN3O2S.C6H6BrN.C4H4Cl2N2O2S.BrH/c1-14-6-9(10(11)13-14)17(15,16)7-8-2-4-12-5-3-8;7-5-6-1-3-8-4-2-6;1-8-2-3(4(5)7-8)11(6,9)10;/h2-6H,7H2,1H3;1-4H,5H2;2H,1H3;1H. The summed E-state index contributed by atoms with van der Waals surface area (Å²) in [4.78, 5) is 6.67. The van der Waals surface area contributed by atoms with Crippen LogP contribution in [0.25, 0.3) is 0 Å². The van der Waals surface area contributed by atoms with E-state index in [1.165, 1.54) is 27.3 Å². The molecular weight excluding hydrogens is 719 g/mol. The van der Waals surface area contributed by atoms with E-state index in [0.29, 0.717) is 5.56 Å². The second-order valence-electron chi connectivity index (χ2n) is 7.01. The minimum Gasteiger partial charge on any atom is -1.00 e. The van der Waals surface area contributed by atoms with Crippen molar-refractivity contribution in [1.82, 2.24) is 24.5 Å². The van der Waals surface area contributed by atoms with Crippen molar-refractivity contribution in [3.05, 3.63) is 82.9 Å². The normalized spacial score (nSPS) is 10.9. The van der Waals surface area contributed by atoms with Crippen molar-refractivity contribution >= 4 is 68.7 Å². The smallest absolute Gasteiger partial charge is 0.265 e. The van der Waals surface area contributed by atoms with E-state index in [1.54, 1.807) is 38.6 Å². The first-order chi connectivity index (χ1) is 16.8. The number of aryl methyl sites for hydroxylation is 2. The zero-order valence-corrected chi connectivity index (χ0v) is 26.3. The van der Waals surface area contributed by atoms with E-state index in [0.717, 1.165) is 5.33 Å². The lowest BCUT2D eigenvalue weighted by Gasteiger charge is -2.01. The van der Waals surface area contributed by atoms with Crippen molar-refractivity contribution in [1.29, 1.82) is 0 Å². The van der Waals surface area contributed by atoms with Gasteiger partial charge in [-0.3, -0.25) is 14.3 Å². The number of nitrogens with one attached hydrogen (secondary N) is 1. The van der Waals surface area contributed by atoms with Crippen LogP contribution < -0.4 is 22.0 Å². The highest BCUT2D eigenvalue weighted by molar-refractivity contribution is 9.08. The Morgan fingerprint density at radius 1 is 0.865 bits per heavy atom. The molecule has 0 atom stereocenters. The highest BCUT2D eigenvalue weighted by Gasteiger charge is 2.21. The second-order valence-corrected chi connectivity index (χ2v) is 12.8. The maximum absolute atomic E-state index is 12.1. The number of hydrogen-bond acceptors (Lipinski definition) is 7. The molecule has 0 aliphatic heterocycles. The monoisotopic (exact) mass is 736 g/mol. The van der Waals surface area contributed by atoms with Gasteiger partial charge in [-0.2, -0.15) is 10.2 Å². The number of hydrogen-bond donors (Lipinski definition) is 0. The summed E-state index contributed by atoms with van der Waals surface area (Å²) in [6, 6.07) is 7.38. The SMILES string of the molecule is BrCc1cc[nH+]cc1.Cn1cc(S(=O)(=O)Cc2ccncc2)c(Cl)n1.Cn1cc(S(=O)(=O)Cl)c(Cl)n1.[Br-]. The molecule has 0 aliphatic rings.